The van der Waals surface area contributed by atoms with Gasteiger partial charge in [-0.05, 0) is 48.4 Å². The number of carbonyl (C=O) groups excluding carboxylic acids is 2. The molecule has 2 N–H and O–H groups in total. The van der Waals surface area contributed by atoms with Crippen molar-refractivity contribution in [2.45, 2.75) is 19.8 Å². The molecule has 0 aromatic heterocycles. The molecule has 0 spiro atoms. The lowest BCUT2D eigenvalue weighted by molar-refractivity contribution is -0.111. The van der Waals surface area contributed by atoms with Gasteiger partial charge in [-0.1, -0.05) is 25.5 Å². The van der Waals surface area contributed by atoms with Crippen molar-refractivity contribution in [2.75, 3.05) is 26.1 Å². The Morgan fingerprint density at radius 1 is 1.04 bits per heavy atom. The molecule has 6 nitrogen and oxygen atoms in total. The molecule has 0 saturated carbocycles. The summed E-state index contributed by atoms with van der Waals surface area (Å²) < 4.78 is 10.4. The summed E-state index contributed by atoms with van der Waals surface area (Å²) in [6, 6.07) is 12.2. The third kappa shape index (κ3) is 6.16. The number of rotatable bonds is 9. The number of nitrogens with one attached hydrogen (secondary N) is 2. The van der Waals surface area contributed by atoms with Gasteiger partial charge in [0.15, 0.2) is 11.5 Å². The van der Waals surface area contributed by atoms with Gasteiger partial charge in [-0.2, -0.15) is 0 Å². The maximum atomic E-state index is 12.2. The second-order valence-corrected chi connectivity index (χ2v) is 6.13. The van der Waals surface area contributed by atoms with E-state index in [-0.39, 0.29) is 11.8 Å². The van der Waals surface area contributed by atoms with Crippen molar-refractivity contribution in [3.63, 3.8) is 0 Å². The molecule has 2 aromatic rings. The number of methoxy groups -OCH3 is 2. The van der Waals surface area contributed by atoms with Crippen LogP contribution >= 0.6 is 0 Å². The number of benzene rings is 2. The molecule has 0 aliphatic heterocycles. The second kappa shape index (κ2) is 10.8. The lowest BCUT2D eigenvalue weighted by atomic mass is 10.1. The van der Waals surface area contributed by atoms with Crippen LogP contribution in [0.5, 0.6) is 11.5 Å². The fourth-order valence-electron chi connectivity index (χ4n) is 2.53. The quantitative estimate of drug-likeness (QED) is 0.510. The minimum atomic E-state index is -0.293. The first kappa shape index (κ1) is 21.0. The molecule has 2 amide bonds. The second-order valence-electron chi connectivity index (χ2n) is 6.13. The maximum absolute atomic E-state index is 12.2. The van der Waals surface area contributed by atoms with E-state index in [2.05, 4.69) is 17.6 Å². The highest BCUT2D eigenvalue weighted by atomic mass is 16.5. The zero-order valence-corrected chi connectivity index (χ0v) is 16.5. The molecular weight excluding hydrogens is 356 g/mol. The molecule has 2 rings (SSSR count). The average Bonchev–Trinajstić information content (AvgIpc) is 2.72. The zero-order valence-electron chi connectivity index (χ0n) is 16.5. The summed E-state index contributed by atoms with van der Waals surface area (Å²) in [4.78, 5) is 24.3. The Morgan fingerprint density at radius 2 is 1.82 bits per heavy atom. The van der Waals surface area contributed by atoms with E-state index in [1.807, 2.05) is 6.07 Å². The molecular formula is C22H26N2O4. The largest absolute Gasteiger partial charge is 0.493 e. The number of carbonyl (C=O) groups is 2. The SMILES string of the molecule is CCCCNC(=O)c1cccc(NC(=O)/C=C/c2ccc(OC)c(OC)c2)c1. The van der Waals surface area contributed by atoms with Crippen LogP contribution in [-0.4, -0.2) is 32.6 Å². The van der Waals surface area contributed by atoms with Gasteiger partial charge >= 0.3 is 0 Å². The molecule has 148 valence electrons. The molecule has 2 aromatic carbocycles. The molecule has 0 radical (unpaired) electrons. The highest BCUT2D eigenvalue weighted by Gasteiger charge is 2.07. The summed E-state index contributed by atoms with van der Waals surface area (Å²) in [5.74, 6) is 0.772. The molecule has 0 atom stereocenters. The summed E-state index contributed by atoms with van der Waals surface area (Å²) in [5, 5.41) is 5.62. The maximum Gasteiger partial charge on any atom is 0.251 e. The van der Waals surface area contributed by atoms with Crippen molar-refractivity contribution in [3.05, 3.63) is 59.7 Å². The fraction of sp³-hybridized carbons (Fsp3) is 0.273. The summed E-state index contributed by atoms with van der Waals surface area (Å²) in [6.45, 7) is 2.71. The summed E-state index contributed by atoms with van der Waals surface area (Å²) in [6.07, 6.45) is 5.06. The van der Waals surface area contributed by atoms with Gasteiger partial charge in [0.05, 0.1) is 14.2 Å². The molecule has 0 saturated heterocycles. The zero-order chi connectivity index (χ0) is 20.4. The van der Waals surface area contributed by atoms with Crippen LogP contribution in [0.3, 0.4) is 0 Å². The summed E-state index contributed by atoms with van der Waals surface area (Å²) >= 11 is 0. The van der Waals surface area contributed by atoms with Gasteiger partial charge in [0.2, 0.25) is 5.91 Å². The highest BCUT2D eigenvalue weighted by Crippen LogP contribution is 2.27. The minimum Gasteiger partial charge on any atom is -0.493 e. The molecule has 0 unspecified atom stereocenters. The van der Waals surface area contributed by atoms with Gasteiger partial charge in [-0.25, -0.2) is 0 Å². The molecule has 0 bridgehead atoms. The smallest absolute Gasteiger partial charge is 0.251 e. The van der Waals surface area contributed by atoms with Crippen molar-refractivity contribution in [1.29, 1.82) is 0 Å². The number of hydrogen-bond donors (Lipinski definition) is 2. The van der Waals surface area contributed by atoms with Crippen LogP contribution in [0.4, 0.5) is 5.69 Å². The first-order valence-corrected chi connectivity index (χ1v) is 9.16. The fourth-order valence-corrected chi connectivity index (χ4v) is 2.53. The summed E-state index contributed by atoms with van der Waals surface area (Å²) in [5.41, 5.74) is 1.87. The normalized spacial score (nSPS) is 10.5. The molecule has 0 aliphatic carbocycles. The van der Waals surface area contributed by atoms with Gasteiger partial charge in [-0.15, -0.1) is 0 Å². The topological polar surface area (TPSA) is 76.7 Å². The van der Waals surface area contributed by atoms with E-state index >= 15 is 0 Å². The predicted octanol–water partition coefficient (Wildman–Crippen LogP) is 3.89. The van der Waals surface area contributed by atoms with Crippen LogP contribution in [-0.2, 0) is 4.79 Å². The number of hydrogen-bond acceptors (Lipinski definition) is 4. The molecule has 28 heavy (non-hydrogen) atoms. The van der Waals surface area contributed by atoms with Crippen LogP contribution in [0.2, 0.25) is 0 Å². The van der Waals surface area contributed by atoms with E-state index in [9.17, 15) is 9.59 Å². The predicted molar refractivity (Wildman–Crippen MR) is 111 cm³/mol. The van der Waals surface area contributed by atoms with E-state index < -0.39 is 0 Å². The van der Waals surface area contributed by atoms with Gasteiger partial charge in [-0.3, -0.25) is 9.59 Å². The van der Waals surface area contributed by atoms with E-state index in [1.165, 1.54) is 6.08 Å². The van der Waals surface area contributed by atoms with Crippen molar-refractivity contribution in [3.8, 4) is 11.5 Å². The van der Waals surface area contributed by atoms with Gasteiger partial charge in [0, 0.05) is 23.9 Å². The van der Waals surface area contributed by atoms with Crippen LogP contribution < -0.4 is 20.1 Å². The highest BCUT2D eigenvalue weighted by molar-refractivity contribution is 6.03. The van der Waals surface area contributed by atoms with E-state index in [0.29, 0.717) is 29.3 Å². The van der Waals surface area contributed by atoms with Crippen molar-refractivity contribution in [1.82, 2.24) is 5.32 Å². The lowest BCUT2D eigenvalue weighted by Crippen LogP contribution is -2.24. The van der Waals surface area contributed by atoms with Crippen molar-refractivity contribution in [2.24, 2.45) is 0 Å². The Bertz CT molecular complexity index is 846. The van der Waals surface area contributed by atoms with Gasteiger partial charge in [0.25, 0.3) is 5.91 Å². The molecule has 0 heterocycles. The Hall–Kier alpha value is -3.28. The number of anilines is 1. The molecule has 6 heteroatoms. The average molecular weight is 382 g/mol. The Labute approximate surface area is 165 Å². The third-order valence-corrected chi connectivity index (χ3v) is 4.04. The Morgan fingerprint density at radius 3 is 2.54 bits per heavy atom. The van der Waals surface area contributed by atoms with Crippen LogP contribution in [0, 0.1) is 0 Å². The summed E-state index contributed by atoms with van der Waals surface area (Å²) in [7, 11) is 3.13. The van der Waals surface area contributed by atoms with E-state index in [4.69, 9.17) is 9.47 Å². The van der Waals surface area contributed by atoms with Crippen LogP contribution in [0.25, 0.3) is 6.08 Å². The standard InChI is InChI=1S/C22H26N2O4/c1-4-5-13-23-22(26)17-7-6-8-18(15-17)24-21(25)12-10-16-9-11-19(27-2)20(14-16)28-3/h6-12,14-15H,4-5,13H2,1-3H3,(H,23,26)(H,24,25)/b12-10+. The van der Waals surface area contributed by atoms with Gasteiger partial charge in [0.1, 0.15) is 0 Å². The third-order valence-electron chi connectivity index (χ3n) is 4.04. The minimum absolute atomic E-state index is 0.148. The monoisotopic (exact) mass is 382 g/mol. The van der Waals surface area contributed by atoms with Crippen molar-refractivity contribution >= 4 is 23.6 Å². The lowest BCUT2D eigenvalue weighted by Gasteiger charge is -2.08. The number of amides is 2. The number of ether oxygens (including phenoxy) is 2. The van der Waals surface area contributed by atoms with Gasteiger partial charge < -0.3 is 20.1 Å². The van der Waals surface area contributed by atoms with Crippen LogP contribution in [0.1, 0.15) is 35.7 Å². The molecule has 0 aliphatic rings. The van der Waals surface area contributed by atoms with Crippen LogP contribution in [0.15, 0.2) is 48.5 Å². The van der Waals surface area contributed by atoms with E-state index in [1.54, 1.807) is 56.7 Å². The Balaban J connectivity index is 2.00. The number of unbranched alkanes of at least 4 members (excludes halogenated alkanes) is 1. The molecule has 0 fully saturated rings. The Kier molecular flexibility index (Phi) is 8.09. The van der Waals surface area contributed by atoms with E-state index in [0.717, 1.165) is 18.4 Å². The first-order valence-electron chi connectivity index (χ1n) is 9.16. The van der Waals surface area contributed by atoms with Crippen molar-refractivity contribution < 1.29 is 19.1 Å². The first-order chi connectivity index (χ1) is 13.6.